The second-order valence-corrected chi connectivity index (χ2v) is 6.83. The number of aromatic amines is 1. The summed E-state index contributed by atoms with van der Waals surface area (Å²) in [6, 6.07) is 0. The van der Waals surface area contributed by atoms with E-state index in [1.807, 2.05) is 18.5 Å². The number of H-pyrrole nitrogens is 1. The zero-order valence-corrected chi connectivity index (χ0v) is 15.3. The van der Waals surface area contributed by atoms with Crippen molar-refractivity contribution in [2.75, 3.05) is 13.1 Å². The third-order valence-corrected chi connectivity index (χ3v) is 4.99. The number of nitrogens with zero attached hydrogens (tertiary/aromatic N) is 4. The second kappa shape index (κ2) is 6.86. The Hall–Kier alpha value is -3.16. The highest BCUT2D eigenvalue weighted by atomic mass is 16.5. The highest BCUT2D eigenvalue weighted by Gasteiger charge is 2.28. The predicted octanol–water partition coefficient (Wildman–Crippen LogP) is 1.65. The molecule has 0 radical (unpaired) electrons. The van der Waals surface area contributed by atoms with Crippen LogP contribution in [-0.2, 0) is 7.05 Å². The van der Waals surface area contributed by atoms with Crippen LogP contribution in [0.3, 0.4) is 0 Å². The molecule has 8 heteroatoms. The van der Waals surface area contributed by atoms with E-state index >= 15 is 0 Å². The first-order chi connectivity index (χ1) is 13.0. The first kappa shape index (κ1) is 17.3. The van der Waals surface area contributed by atoms with Gasteiger partial charge in [-0.15, -0.1) is 0 Å². The van der Waals surface area contributed by atoms with Crippen molar-refractivity contribution in [3.8, 4) is 5.88 Å². The molecule has 0 spiro atoms. The van der Waals surface area contributed by atoms with Crippen LogP contribution >= 0.6 is 0 Å². The Bertz CT molecular complexity index is 1030. The van der Waals surface area contributed by atoms with E-state index in [0.717, 1.165) is 11.1 Å². The summed E-state index contributed by atoms with van der Waals surface area (Å²) in [5, 5.41) is 0.459. The molecule has 1 N–H and O–H groups in total. The van der Waals surface area contributed by atoms with E-state index in [1.165, 1.54) is 0 Å². The predicted molar refractivity (Wildman–Crippen MR) is 99.9 cm³/mol. The fourth-order valence-electron chi connectivity index (χ4n) is 3.67. The number of hydrogen-bond donors (Lipinski definition) is 1. The van der Waals surface area contributed by atoms with Crippen molar-refractivity contribution in [1.29, 1.82) is 0 Å². The number of carbonyl (C=O) groups excluding carboxylic acids is 1. The van der Waals surface area contributed by atoms with Gasteiger partial charge in [-0.05, 0) is 12.5 Å². The summed E-state index contributed by atoms with van der Waals surface area (Å²) in [5.41, 5.74) is 1.94. The molecule has 0 saturated carbocycles. The molecule has 1 amide bonds. The number of pyridine rings is 1. The Morgan fingerprint density at radius 3 is 2.78 bits per heavy atom. The van der Waals surface area contributed by atoms with Crippen molar-refractivity contribution in [3.63, 3.8) is 0 Å². The molecule has 1 fully saturated rings. The van der Waals surface area contributed by atoms with Gasteiger partial charge >= 0.3 is 0 Å². The van der Waals surface area contributed by atoms with Gasteiger partial charge in [0.1, 0.15) is 6.10 Å². The highest BCUT2D eigenvalue weighted by Crippen LogP contribution is 2.23. The molecule has 0 aliphatic carbocycles. The van der Waals surface area contributed by atoms with Gasteiger partial charge in [0.2, 0.25) is 5.88 Å². The molecular formula is C19H21N5O3. The molecule has 1 aliphatic heterocycles. The Kier molecular flexibility index (Phi) is 4.39. The Morgan fingerprint density at radius 2 is 2.07 bits per heavy atom. The molecule has 4 heterocycles. The maximum atomic E-state index is 13.1. The van der Waals surface area contributed by atoms with Gasteiger partial charge in [-0.25, -0.2) is 4.98 Å². The topological polar surface area (TPSA) is 93.1 Å². The van der Waals surface area contributed by atoms with Gasteiger partial charge in [0.05, 0.1) is 22.7 Å². The van der Waals surface area contributed by atoms with Crippen molar-refractivity contribution in [1.82, 2.24) is 24.4 Å². The van der Waals surface area contributed by atoms with Gasteiger partial charge in [0.15, 0.2) is 0 Å². The fraction of sp³-hybridized carbons (Fsp3) is 0.368. The van der Waals surface area contributed by atoms with Crippen LogP contribution in [0.4, 0.5) is 0 Å². The third kappa shape index (κ3) is 3.18. The summed E-state index contributed by atoms with van der Waals surface area (Å²) in [4.78, 5) is 38.0. The van der Waals surface area contributed by atoms with Crippen molar-refractivity contribution >= 4 is 16.8 Å². The molecule has 4 rings (SSSR count). The highest BCUT2D eigenvalue weighted by molar-refractivity contribution is 6.07. The van der Waals surface area contributed by atoms with Crippen molar-refractivity contribution < 1.29 is 9.53 Å². The van der Waals surface area contributed by atoms with Crippen LogP contribution in [0, 0.1) is 6.92 Å². The monoisotopic (exact) mass is 367 g/mol. The van der Waals surface area contributed by atoms with Crippen LogP contribution in [0.25, 0.3) is 10.9 Å². The summed E-state index contributed by atoms with van der Waals surface area (Å²) in [6.45, 7) is 3.07. The van der Waals surface area contributed by atoms with Gasteiger partial charge in [0, 0.05) is 57.8 Å². The molecule has 140 valence electrons. The maximum absolute atomic E-state index is 13.1. The van der Waals surface area contributed by atoms with Gasteiger partial charge < -0.3 is 19.2 Å². The van der Waals surface area contributed by atoms with Crippen LogP contribution in [0.2, 0.25) is 0 Å². The van der Waals surface area contributed by atoms with E-state index in [2.05, 4.69) is 15.0 Å². The number of carbonyl (C=O) groups is 1. The number of likely N-dealkylation sites (tertiary alicyclic amines) is 1. The van der Waals surface area contributed by atoms with Crippen molar-refractivity contribution in [2.24, 2.45) is 7.05 Å². The third-order valence-electron chi connectivity index (χ3n) is 4.99. The van der Waals surface area contributed by atoms with Crippen LogP contribution in [0.5, 0.6) is 5.88 Å². The quantitative estimate of drug-likeness (QED) is 0.760. The number of fused-ring (bicyclic) bond motifs is 1. The standard InChI is InChI=1S/C19H21N5O3/c1-12-9-22-18(25)16-14(11-23(2)17(12)16)19(26)24-7-3-13(4-8-24)27-15-10-20-5-6-21-15/h5-6,9-11,13H,3-4,7-8H2,1-2H3,(H,22,25). The minimum atomic E-state index is -0.236. The van der Waals surface area contributed by atoms with E-state index in [4.69, 9.17) is 4.74 Å². The molecule has 8 nitrogen and oxygen atoms in total. The summed E-state index contributed by atoms with van der Waals surface area (Å²) in [6.07, 6.45) is 9.62. The van der Waals surface area contributed by atoms with Gasteiger partial charge in [-0.3, -0.25) is 14.6 Å². The molecule has 0 atom stereocenters. The van der Waals surface area contributed by atoms with Crippen LogP contribution in [0.1, 0.15) is 28.8 Å². The number of piperidine rings is 1. The lowest BCUT2D eigenvalue weighted by atomic mass is 10.1. The van der Waals surface area contributed by atoms with Crippen molar-refractivity contribution in [2.45, 2.75) is 25.9 Å². The summed E-state index contributed by atoms with van der Waals surface area (Å²) < 4.78 is 7.67. The number of nitrogens with one attached hydrogen (secondary N) is 1. The number of aryl methyl sites for hydroxylation is 2. The van der Waals surface area contributed by atoms with E-state index < -0.39 is 0 Å². The zero-order chi connectivity index (χ0) is 19.0. The van der Waals surface area contributed by atoms with Gasteiger partial charge in [0.25, 0.3) is 11.5 Å². The SMILES string of the molecule is Cc1c[nH]c(=O)c2c(C(=O)N3CCC(Oc4cnccn4)CC3)cn(C)c12. The minimum absolute atomic E-state index is 0.00362. The number of amides is 1. The average Bonchev–Trinajstić information content (AvgIpc) is 3.04. The zero-order valence-electron chi connectivity index (χ0n) is 15.3. The van der Waals surface area contributed by atoms with Gasteiger partial charge in [-0.1, -0.05) is 0 Å². The molecule has 0 aromatic carbocycles. The van der Waals surface area contributed by atoms with Gasteiger partial charge in [-0.2, -0.15) is 0 Å². The normalized spacial score (nSPS) is 15.3. The molecule has 1 aliphatic rings. The average molecular weight is 367 g/mol. The lowest BCUT2D eigenvalue weighted by molar-refractivity contribution is 0.0588. The smallest absolute Gasteiger partial charge is 0.258 e. The number of rotatable bonds is 3. The van der Waals surface area contributed by atoms with E-state index in [-0.39, 0.29) is 17.6 Å². The molecule has 0 bridgehead atoms. The molecule has 3 aromatic rings. The molecule has 27 heavy (non-hydrogen) atoms. The summed E-state index contributed by atoms with van der Waals surface area (Å²) >= 11 is 0. The molecular weight excluding hydrogens is 346 g/mol. The summed E-state index contributed by atoms with van der Waals surface area (Å²) in [7, 11) is 1.85. The lowest BCUT2D eigenvalue weighted by Crippen LogP contribution is -2.42. The maximum Gasteiger partial charge on any atom is 0.258 e. The Balaban J connectivity index is 1.51. The largest absolute Gasteiger partial charge is 0.473 e. The van der Waals surface area contributed by atoms with E-state index in [1.54, 1.807) is 35.9 Å². The van der Waals surface area contributed by atoms with Crippen LogP contribution in [0.15, 0.2) is 35.8 Å². The first-order valence-electron chi connectivity index (χ1n) is 8.94. The van der Waals surface area contributed by atoms with Crippen LogP contribution in [-0.4, -0.2) is 49.5 Å². The van der Waals surface area contributed by atoms with E-state index in [9.17, 15) is 9.59 Å². The number of hydrogen-bond acceptors (Lipinski definition) is 5. The Labute approximate surface area is 155 Å². The second-order valence-electron chi connectivity index (χ2n) is 6.83. The Morgan fingerprint density at radius 1 is 1.30 bits per heavy atom. The first-order valence-corrected chi connectivity index (χ1v) is 8.94. The summed E-state index contributed by atoms with van der Waals surface area (Å²) in [5.74, 6) is 0.382. The molecule has 0 unspecified atom stereocenters. The number of ether oxygens (including phenoxy) is 1. The fourth-order valence-corrected chi connectivity index (χ4v) is 3.67. The molecule has 3 aromatic heterocycles. The van der Waals surface area contributed by atoms with E-state index in [0.29, 0.717) is 42.8 Å². The van der Waals surface area contributed by atoms with Crippen molar-refractivity contribution in [3.05, 3.63) is 52.5 Å². The van der Waals surface area contributed by atoms with Crippen LogP contribution < -0.4 is 10.3 Å². The lowest BCUT2D eigenvalue weighted by Gasteiger charge is -2.31. The number of aromatic nitrogens is 4. The minimum Gasteiger partial charge on any atom is -0.473 e. The molecule has 1 saturated heterocycles.